The number of carbonyl (C=O) groups excluding carboxylic acids is 1. The molecule has 2 aromatic carbocycles. The lowest BCUT2D eigenvalue weighted by atomic mass is 9.96. The molecule has 1 aromatic heterocycles. The lowest BCUT2D eigenvalue weighted by Gasteiger charge is -2.11. The van der Waals surface area contributed by atoms with E-state index in [1.807, 2.05) is 37.3 Å². The number of ether oxygens (including phenoxy) is 1. The lowest BCUT2D eigenvalue weighted by Crippen LogP contribution is -2.13. The molecule has 4 rings (SSSR count). The Hall–Kier alpha value is -3.39. The second-order valence-electron chi connectivity index (χ2n) is 8.11. The normalized spacial score (nSPS) is 12.9. The van der Waals surface area contributed by atoms with Crippen LogP contribution in [0.3, 0.4) is 0 Å². The fourth-order valence-corrected chi connectivity index (χ4v) is 5.59. The van der Waals surface area contributed by atoms with Crippen molar-refractivity contribution >= 4 is 44.3 Å². The van der Waals surface area contributed by atoms with Crippen molar-refractivity contribution in [3.63, 3.8) is 0 Å². The molecule has 0 radical (unpaired) electrons. The molecule has 170 valence electrons. The number of anilines is 1. The van der Waals surface area contributed by atoms with Gasteiger partial charge in [-0.25, -0.2) is 0 Å². The van der Waals surface area contributed by atoms with Crippen molar-refractivity contribution in [3.05, 3.63) is 85.2 Å². The number of nitriles is 2. The van der Waals surface area contributed by atoms with Crippen molar-refractivity contribution in [1.29, 1.82) is 10.5 Å². The second kappa shape index (κ2) is 10.7. The van der Waals surface area contributed by atoms with Crippen LogP contribution in [0.1, 0.15) is 45.5 Å². The number of hydrogen-bond donors (Lipinski definition) is 1. The summed E-state index contributed by atoms with van der Waals surface area (Å²) in [5.41, 5.74) is 4.29. The van der Waals surface area contributed by atoms with Crippen LogP contribution < -0.4 is 10.1 Å². The summed E-state index contributed by atoms with van der Waals surface area (Å²) in [6.07, 6.45) is 5.42. The second-order valence-corrected chi connectivity index (χ2v) is 10.1. The first-order chi connectivity index (χ1) is 16.5. The molecule has 1 amide bonds. The van der Waals surface area contributed by atoms with Crippen LogP contribution in [0.15, 0.2) is 52.5 Å². The minimum Gasteiger partial charge on any atom is -0.488 e. The van der Waals surface area contributed by atoms with Gasteiger partial charge in [0.1, 0.15) is 35.1 Å². The number of amides is 1. The molecule has 0 spiro atoms. The van der Waals surface area contributed by atoms with Gasteiger partial charge in [0.25, 0.3) is 5.91 Å². The highest BCUT2D eigenvalue weighted by Crippen LogP contribution is 2.38. The Morgan fingerprint density at radius 3 is 2.79 bits per heavy atom. The summed E-state index contributed by atoms with van der Waals surface area (Å²) in [6.45, 7) is 2.39. The smallest absolute Gasteiger partial charge is 0.266 e. The van der Waals surface area contributed by atoms with Crippen LogP contribution in [-0.4, -0.2) is 5.91 Å². The quantitative estimate of drug-likeness (QED) is 0.283. The molecule has 7 heteroatoms. The van der Waals surface area contributed by atoms with Crippen molar-refractivity contribution in [2.24, 2.45) is 0 Å². The molecular formula is C27H22BrN3O2S. The molecule has 0 fully saturated rings. The number of nitrogens with one attached hydrogen (secondary N) is 1. The van der Waals surface area contributed by atoms with E-state index in [-0.39, 0.29) is 5.57 Å². The number of rotatable bonds is 6. The van der Waals surface area contributed by atoms with Gasteiger partial charge in [-0.1, -0.05) is 45.8 Å². The number of halogens is 1. The first-order valence-corrected chi connectivity index (χ1v) is 12.5. The maximum absolute atomic E-state index is 13.0. The molecule has 3 aromatic rings. The molecule has 0 unspecified atom stereocenters. The van der Waals surface area contributed by atoms with Crippen LogP contribution in [0.4, 0.5) is 5.00 Å². The Labute approximate surface area is 211 Å². The monoisotopic (exact) mass is 531 g/mol. The number of hydrogen-bond acceptors (Lipinski definition) is 5. The van der Waals surface area contributed by atoms with E-state index in [1.165, 1.54) is 17.4 Å². The molecule has 34 heavy (non-hydrogen) atoms. The van der Waals surface area contributed by atoms with E-state index in [0.29, 0.717) is 28.5 Å². The van der Waals surface area contributed by atoms with Crippen LogP contribution in [0, 0.1) is 29.6 Å². The lowest BCUT2D eigenvalue weighted by molar-refractivity contribution is -0.112. The van der Waals surface area contributed by atoms with E-state index < -0.39 is 5.91 Å². The maximum Gasteiger partial charge on any atom is 0.266 e. The molecule has 0 saturated heterocycles. The standard InChI is InChI=1S/C27H22BrN3O2S/c1-17-5-4-6-18(11-17)16-33-24-10-9-21(28)13-19(24)12-20(14-29)26(32)31-27-23(15-30)22-7-2-3-8-25(22)34-27/h4-6,9-13H,2-3,7-8,16H2,1H3,(H,31,32)/b20-12+. The van der Waals surface area contributed by atoms with Gasteiger partial charge in [0, 0.05) is 14.9 Å². The average molecular weight is 532 g/mol. The van der Waals surface area contributed by atoms with Crippen molar-refractivity contribution in [3.8, 4) is 17.9 Å². The van der Waals surface area contributed by atoms with Gasteiger partial charge >= 0.3 is 0 Å². The number of nitrogens with zero attached hydrogens (tertiary/aromatic N) is 2. The van der Waals surface area contributed by atoms with E-state index in [1.54, 1.807) is 12.1 Å². The summed E-state index contributed by atoms with van der Waals surface area (Å²) in [4.78, 5) is 14.1. The minimum atomic E-state index is -0.540. The number of aryl methyl sites for hydroxylation is 2. The zero-order chi connectivity index (χ0) is 24.1. The largest absolute Gasteiger partial charge is 0.488 e. The Morgan fingerprint density at radius 2 is 2.03 bits per heavy atom. The maximum atomic E-state index is 13.0. The summed E-state index contributed by atoms with van der Waals surface area (Å²) in [5, 5.41) is 22.7. The predicted molar refractivity (Wildman–Crippen MR) is 138 cm³/mol. The molecule has 1 N–H and O–H groups in total. The molecule has 0 aliphatic heterocycles. The fraction of sp³-hybridized carbons (Fsp3) is 0.222. The minimum absolute atomic E-state index is 0.0613. The number of benzene rings is 2. The highest BCUT2D eigenvalue weighted by Gasteiger charge is 2.23. The first-order valence-electron chi connectivity index (χ1n) is 10.9. The van der Waals surface area contributed by atoms with Gasteiger partial charge in [0.05, 0.1) is 5.56 Å². The van der Waals surface area contributed by atoms with E-state index >= 15 is 0 Å². The average Bonchev–Trinajstić information content (AvgIpc) is 3.18. The highest BCUT2D eigenvalue weighted by atomic mass is 79.9. The Kier molecular flexibility index (Phi) is 7.47. The Morgan fingerprint density at radius 1 is 1.21 bits per heavy atom. The molecule has 0 atom stereocenters. The van der Waals surface area contributed by atoms with Gasteiger partial charge in [0.2, 0.25) is 0 Å². The van der Waals surface area contributed by atoms with E-state index in [2.05, 4.69) is 33.4 Å². The summed E-state index contributed by atoms with van der Waals surface area (Å²) < 4.78 is 6.82. The molecule has 0 saturated carbocycles. The predicted octanol–water partition coefficient (Wildman–Crippen LogP) is 6.69. The molecule has 1 heterocycles. The Balaban J connectivity index is 1.58. The van der Waals surface area contributed by atoms with E-state index in [4.69, 9.17) is 4.74 Å². The third-order valence-electron chi connectivity index (χ3n) is 5.62. The van der Waals surface area contributed by atoms with E-state index in [9.17, 15) is 15.3 Å². The van der Waals surface area contributed by atoms with Gasteiger partial charge < -0.3 is 10.1 Å². The van der Waals surface area contributed by atoms with Gasteiger partial charge in [-0.05, 0) is 68.0 Å². The third kappa shape index (κ3) is 5.39. The highest BCUT2D eigenvalue weighted by molar-refractivity contribution is 9.10. The van der Waals surface area contributed by atoms with Gasteiger partial charge in [0.15, 0.2) is 0 Å². The van der Waals surface area contributed by atoms with Crippen molar-refractivity contribution < 1.29 is 9.53 Å². The van der Waals surface area contributed by atoms with Crippen LogP contribution >= 0.6 is 27.3 Å². The molecular weight excluding hydrogens is 510 g/mol. The summed E-state index contributed by atoms with van der Waals surface area (Å²) in [7, 11) is 0. The fourth-order valence-electron chi connectivity index (χ4n) is 3.97. The van der Waals surface area contributed by atoms with Gasteiger partial charge in [-0.3, -0.25) is 4.79 Å². The number of carbonyl (C=O) groups is 1. The number of fused-ring (bicyclic) bond motifs is 1. The van der Waals surface area contributed by atoms with E-state index in [0.717, 1.165) is 51.7 Å². The van der Waals surface area contributed by atoms with Crippen LogP contribution in [-0.2, 0) is 24.2 Å². The zero-order valence-electron chi connectivity index (χ0n) is 18.7. The molecule has 1 aliphatic rings. The van der Waals surface area contributed by atoms with Crippen LogP contribution in [0.5, 0.6) is 5.75 Å². The third-order valence-corrected chi connectivity index (χ3v) is 7.32. The zero-order valence-corrected chi connectivity index (χ0v) is 21.1. The topological polar surface area (TPSA) is 85.9 Å². The van der Waals surface area contributed by atoms with Crippen LogP contribution in [0.2, 0.25) is 0 Å². The molecule has 5 nitrogen and oxygen atoms in total. The number of thiophene rings is 1. The molecule has 0 bridgehead atoms. The summed E-state index contributed by atoms with van der Waals surface area (Å²) in [5.74, 6) is 0.0248. The Bertz CT molecular complexity index is 1360. The SMILES string of the molecule is Cc1cccc(COc2ccc(Br)cc2/C=C(\C#N)C(=O)Nc2sc3c(c2C#N)CCCC3)c1. The van der Waals surface area contributed by atoms with Gasteiger partial charge in [-0.2, -0.15) is 10.5 Å². The van der Waals surface area contributed by atoms with Crippen molar-refractivity contribution in [1.82, 2.24) is 0 Å². The van der Waals surface area contributed by atoms with Crippen molar-refractivity contribution in [2.45, 2.75) is 39.2 Å². The van der Waals surface area contributed by atoms with Crippen molar-refractivity contribution in [2.75, 3.05) is 5.32 Å². The summed E-state index contributed by atoms with van der Waals surface area (Å²) >= 11 is 4.89. The summed E-state index contributed by atoms with van der Waals surface area (Å²) in [6, 6.07) is 17.7. The van der Waals surface area contributed by atoms with Gasteiger partial charge in [-0.15, -0.1) is 11.3 Å². The first kappa shape index (κ1) is 23.8. The molecule has 1 aliphatic carbocycles. The van der Waals surface area contributed by atoms with Crippen LogP contribution in [0.25, 0.3) is 6.08 Å².